The fraction of sp³-hybridized carbons (Fsp3) is 0.167. The monoisotopic (exact) mass is 369 g/mol. The predicted octanol–water partition coefficient (Wildman–Crippen LogP) is 3.47. The van der Waals surface area contributed by atoms with E-state index >= 15 is 0 Å². The van der Waals surface area contributed by atoms with Crippen molar-refractivity contribution in [2.24, 2.45) is 0 Å². The molecule has 1 aromatic heterocycles. The number of nitrogens with one attached hydrogen (secondary N) is 2. The molecule has 0 aliphatic heterocycles. The fourth-order valence-corrected chi connectivity index (χ4v) is 3.32. The second kappa shape index (κ2) is 7.49. The van der Waals surface area contributed by atoms with Crippen molar-refractivity contribution in [1.82, 2.24) is 15.0 Å². The van der Waals surface area contributed by atoms with Gasteiger partial charge in [-0.3, -0.25) is 4.78 Å². The Kier molecular flexibility index (Phi) is 5.13. The first kappa shape index (κ1) is 17.8. The molecule has 0 saturated carbocycles. The van der Waals surface area contributed by atoms with Crippen molar-refractivity contribution in [2.75, 3.05) is 18.7 Å². The Morgan fingerprint density at radius 3 is 2.73 bits per heavy atom. The van der Waals surface area contributed by atoms with E-state index in [0.717, 1.165) is 16.8 Å². The van der Waals surface area contributed by atoms with Gasteiger partial charge in [0.2, 0.25) is 5.95 Å². The van der Waals surface area contributed by atoms with Gasteiger partial charge < -0.3 is 10.1 Å². The molecule has 0 spiro atoms. The quantitative estimate of drug-likeness (QED) is 0.690. The maximum absolute atomic E-state index is 11.7. The second-order valence-electron chi connectivity index (χ2n) is 5.81. The lowest BCUT2D eigenvalue weighted by atomic mass is 10.2. The Balaban J connectivity index is 1.87. The van der Waals surface area contributed by atoms with Crippen LogP contribution in [0.3, 0.4) is 0 Å². The highest BCUT2D eigenvalue weighted by atomic mass is 32.2. The van der Waals surface area contributed by atoms with Crippen LogP contribution < -0.4 is 10.1 Å². The number of rotatable bonds is 6. The molecule has 3 aromatic rings. The number of nitrogens with zero attached hydrogens (tertiary/aromatic N) is 3. The van der Waals surface area contributed by atoms with Gasteiger partial charge in [0, 0.05) is 21.7 Å². The molecule has 0 amide bonds. The Bertz CT molecular complexity index is 1020. The van der Waals surface area contributed by atoms with Crippen molar-refractivity contribution < 1.29 is 8.95 Å². The van der Waals surface area contributed by atoms with E-state index in [0.29, 0.717) is 17.5 Å². The van der Waals surface area contributed by atoms with E-state index in [1.54, 1.807) is 7.11 Å². The Labute approximate surface area is 152 Å². The number of hydrogen-bond donors (Lipinski definition) is 2. The summed E-state index contributed by atoms with van der Waals surface area (Å²) in [4.78, 5) is 12.8. The van der Waals surface area contributed by atoms with Crippen molar-refractivity contribution in [3.05, 3.63) is 60.4 Å². The van der Waals surface area contributed by atoms with Gasteiger partial charge in [-0.25, -0.2) is 14.2 Å². The van der Waals surface area contributed by atoms with Crippen molar-refractivity contribution in [2.45, 2.75) is 5.75 Å². The van der Waals surface area contributed by atoms with Crippen molar-refractivity contribution >= 4 is 21.4 Å². The van der Waals surface area contributed by atoms with Gasteiger partial charge >= 0.3 is 0 Å². The first-order chi connectivity index (χ1) is 12.4. The maximum Gasteiger partial charge on any atom is 0.230 e. The number of anilines is 2. The van der Waals surface area contributed by atoms with E-state index in [9.17, 15) is 4.21 Å². The lowest BCUT2D eigenvalue weighted by molar-refractivity contribution is 0.416. The highest BCUT2D eigenvalue weighted by Crippen LogP contribution is 2.27. The van der Waals surface area contributed by atoms with Crippen LogP contribution >= 0.6 is 0 Å². The molecule has 8 heteroatoms. The number of hydrogen-bond acceptors (Lipinski definition) is 7. The van der Waals surface area contributed by atoms with Crippen LogP contribution in [0.25, 0.3) is 11.4 Å². The number of ether oxygens (including phenoxy) is 1. The number of para-hydroxylation sites is 1. The second-order valence-corrected chi connectivity index (χ2v) is 8.11. The molecule has 26 heavy (non-hydrogen) atoms. The van der Waals surface area contributed by atoms with E-state index in [1.807, 2.05) is 48.5 Å². The molecular formula is C18H19N5O2S. The van der Waals surface area contributed by atoms with Crippen molar-refractivity contribution in [3.8, 4) is 17.1 Å². The van der Waals surface area contributed by atoms with Crippen LogP contribution in [0.15, 0.2) is 54.9 Å². The molecule has 2 N–H and O–H groups in total. The minimum Gasteiger partial charge on any atom is -0.496 e. The van der Waals surface area contributed by atoms with Crippen LogP contribution in [0.1, 0.15) is 5.56 Å². The molecule has 7 nitrogen and oxygen atoms in total. The summed E-state index contributed by atoms with van der Waals surface area (Å²) < 4.78 is 24.6. The summed E-state index contributed by atoms with van der Waals surface area (Å²) in [6.07, 6.45) is 2.86. The van der Waals surface area contributed by atoms with Crippen LogP contribution in [0.2, 0.25) is 0 Å². The highest BCUT2D eigenvalue weighted by Gasteiger charge is 2.10. The third-order valence-corrected chi connectivity index (χ3v) is 4.43. The minimum absolute atomic E-state index is 0.201. The third kappa shape index (κ3) is 4.54. The van der Waals surface area contributed by atoms with Crippen LogP contribution in [-0.2, 0) is 15.5 Å². The molecule has 0 bridgehead atoms. The van der Waals surface area contributed by atoms with Crippen molar-refractivity contribution in [3.63, 3.8) is 0 Å². The Hall–Kier alpha value is -3.00. The van der Waals surface area contributed by atoms with Gasteiger partial charge in [-0.2, -0.15) is 4.98 Å². The summed E-state index contributed by atoms with van der Waals surface area (Å²) in [7, 11) is -1.00. The van der Waals surface area contributed by atoms with Gasteiger partial charge in [0.15, 0.2) is 5.82 Å². The molecule has 0 aliphatic carbocycles. The molecule has 1 atom stereocenters. The van der Waals surface area contributed by atoms with Crippen LogP contribution in [0, 0.1) is 4.78 Å². The molecule has 0 radical (unpaired) electrons. The molecule has 3 rings (SSSR count). The van der Waals surface area contributed by atoms with E-state index < -0.39 is 9.73 Å². The van der Waals surface area contributed by atoms with Gasteiger partial charge in [0.25, 0.3) is 0 Å². The SMILES string of the molecule is COc1ccccc1-c1ncnc(Nc2cccc(CS(C)(=N)=O)c2)n1. The average Bonchev–Trinajstić information content (AvgIpc) is 2.61. The predicted molar refractivity (Wildman–Crippen MR) is 102 cm³/mol. The molecular weight excluding hydrogens is 350 g/mol. The summed E-state index contributed by atoms with van der Waals surface area (Å²) >= 11 is 0. The zero-order chi connectivity index (χ0) is 18.6. The first-order valence-electron chi connectivity index (χ1n) is 7.84. The highest BCUT2D eigenvalue weighted by molar-refractivity contribution is 7.90. The smallest absolute Gasteiger partial charge is 0.230 e. The summed E-state index contributed by atoms with van der Waals surface area (Å²) in [6, 6.07) is 14.9. The number of aromatic nitrogens is 3. The van der Waals surface area contributed by atoms with Gasteiger partial charge in [-0.05, 0) is 29.8 Å². The lowest BCUT2D eigenvalue weighted by Gasteiger charge is -2.09. The Morgan fingerprint density at radius 2 is 1.96 bits per heavy atom. The molecule has 2 aromatic carbocycles. The van der Waals surface area contributed by atoms with E-state index in [4.69, 9.17) is 9.52 Å². The summed E-state index contributed by atoms with van der Waals surface area (Å²) in [5.74, 6) is 1.77. The zero-order valence-electron chi connectivity index (χ0n) is 14.5. The van der Waals surface area contributed by atoms with Gasteiger partial charge in [0.05, 0.1) is 18.4 Å². The third-order valence-electron chi connectivity index (χ3n) is 3.54. The van der Waals surface area contributed by atoms with Crippen LogP contribution in [-0.4, -0.2) is 32.5 Å². The van der Waals surface area contributed by atoms with E-state index in [2.05, 4.69) is 20.3 Å². The molecule has 1 unspecified atom stereocenters. The molecule has 0 saturated heterocycles. The number of benzene rings is 2. The average molecular weight is 369 g/mol. The minimum atomic E-state index is -2.60. The maximum atomic E-state index is 11.7. The summed E-state index contributed by atoms with van der Waals surface area (Å²) in [5, 5.41) is 3.12. The summed E-state index contributed by atoms with van der Waals surface area (Å²) in [5.41, 5.74) is 2.34. The van der Waals surface area contributed by atoms with Gasteiger partial charge in [0.1, 0.15) is 12.1 Å². The van der Waals surface area contributed by atoms with Gasteiger partial charge in [-0.1, -0.05) is 24.3 Å². The van der Waals surface area contributed by atoms with Crippen molar-refractivity contribution in [1.29, 1.82) is 4.78 Å². The zero-order valence-corrected chi connectivity index (χ0v) is 15.3. The lowest BCUT2D eigenvalue weighted by Crippen LogP contribution is -2.02. The van der Waals surface area contributed by atoms with E-state index in [1.165, 1.54) is 12.6 Å². The Morgan fingerprint density at radius 1 is 1.15 bits per heavy atom. The van der Waals surface area contributed by atoms with E-state index in [-0.39, 0.29) is 5.75 Å². The topological polar surface area (TPSA) is 101 Å². The molecule has 134 valence electrons. The van der Waals surface area contributed by atoms with Gasteiger partial charge in [-0.15, -0.1) is 0 Å². The van der Waals surface area contributed by atoms with Crippen LogP contribution in [0.5, 0.6) is 5.75 Å². The fourth-order valence-electron chi connectivity index (χ4n) is 2.50. The number of methoxy groups -OCH3 is 1. The molecule has 0 aliphatic rings. The largest absolute Gasteiger partial charge is 0.496 e. The van der Waals surface area contributed by atoms with Crippen LogP contribution in [0.4, 0.5) is 11.6 Å². The first-order valence-corrected chi connectivity index (χ1v) is 9.98. The normalized spacial score (nSPS) is 13.0. The standard InChI is InChI=1S/C18H19N5O2S/c1-25-16-9-4-3-8-15(16)17-20-12-21-18(23-17)22-14-7-5-6-13(10-14)11-26(2,19)24/h3-10,12,19H,11H2,1-2H3,(H,20,21,22,23). The summed E-state index contributed by atoms with van der Waals surface area (Å²) in [6.45, 7) is 0. The molecule has 0 fully saturated rings. The molecule has 1 heterocycles.